The predicted octanol–water partition coefficient (Wildman–Crippen LogP) is 0.655. The molecule has 0 aliphatic carbocycles. The fraction of sp³-hybridized carbons (Fsp3) is 0.889. The molecule has 2 N–H and O–H groups in total. The van der Waals surface area contributed by atoms with Crippen molar-refractivity contribution >= 4 is 5.91 Å². The lowest BCUT2D eigenvalue weighted by atomic mass is 10.1. The minimum Gasteiger partial charge on any atom is -0.355 e. The van der Waals surface area contributed by atoms with E-state index in [4.69, 9.17) is 0 Å². The molecule has 70 valence electrons. The van der Waals surface area contributed by atoms with Crippen molar-refractivity contribution < 1.29 is 4.79 Å². The van der Waals surface area contributed by atoms with Crippen molar-refractivity contribution in [1.82, 2.24) is 10.6 Å². The van der Waals surface area contributed by atoms with Gasteiger partial charge in [0.15, 0.2) is 0 Å². The molecule has 0 spiro atoms. The maximum atomic E-state index is 11.3. The van der Waals surface area contributed by atoms with Gasteiger partial charge >= 0.3 is 0 Å². The van der Waals surface area contributed by atoms with E-state index >= 15 is 0 Å². The number of amides is 1. The van der Waals surface area contributed by atoms with Crippen molar-refractivity contribution in [2.75, 3.05) is 13.1 Å². The molecule has 0 aromatic heterocycles. The highest BCUT2D eigenvalue weighted by molar-refractivity contribution is 5.81. The topological polar surface area (TPSA) is 41.1 Å². The number of nitrogens with one attached hydrogen (secondary N) is 2. The van der Waals surface area contributed by atoms with Crippen LogP contribution in [0.4, 0.5) is 0 Å². The standard InChI is InChI=1S/C9H18N2O/c1-2-6-10-8-5-3-4-7-11-9(8)12/h8,10H,2-7H2,1H3,(H,11,12)/t8-/m0/s1. The highest BCUT2D eigenvalue weighted by atomic mass is 16.2. The zero-order valence-electron chi connectivity index (χ0n) is 7.73. The van der Waals surface area contributed by atoms with Gasteiger partial charge in [0.25, 0.3) is 0 Å². The Morgan fingerprint density at radius 2 is 2.42 bits per heavy atom. The molecule has 1 saturated heterocycles. The van der Waals surface area contributed by atoms with Crippen LogP contribution in [0.3, 0.4) is 0 Å². The summed E-state index contributed by atoms with van der Waals surface area (Å²) >= 11 is 0. The summed E-state index contributed by atoms with van der Waals surface area (Å²) in [6, 6.07) is 0.0625. The Balaban J connectivity index is 2.31. The lowest BCUT2D eigenvalue weighted by Gasteiger charge is -2.13. The first-order valence-corrected chi connectivity index (χ1v) is 4.85. The Morgan fingerprint density at radius 3 is 3.17 bits per heavy atom. The Kier molecular flexibility index (Phi) is 4.08. The number of carbonyl (C=O) groups excluding carboxylic acids is 1. The van der Waals surface area contributed by atoms with E-state index in [9.17, 15) is 4.79 Å². The fourth-order valence-corrected chi connectivity index (χ4v) is 1.45. The molecule has 0 aromatic carbocycles. The maximum absolute atomic E-state index is 11.3. The van der Waals surface area contributed by atoms with Crippen LogP contribution in [-0.2, 0) is 4.79 Å². The summed E-state index contributed by atoms with van der Waals surface area (Å²) < 4.78 is 0. The Labute approximate surface area is 73.9 Å². The van der Waals surface area contributed by atoms with E-state index in [1.807, 2.05) is 0 Å². The number of rotatable bonds is 3. The maximum Gasteiger partial charge on any atom is 0.237 e. The lowest BCUT2D eigenvalue weighted by Crippen LogP contribution is -2.42. The molecule has 0 unspecified atom stereocenters. The summed E-state index contributed by atoms with van der Waals surface area (Å²) in [6.07, 6.45) is 4.35. The quantitative estimate of drug-likeness (QED) is 0.653. The molecular weight excluding hydrogens is 152 g/mol. The molecule has 1 aliphatic rings. The molecule has 1 heterocycles. The molecular formula is C9H18N2O. The van der Waals surface area contributed by atoms with Crippen molar-refractivity contribution in [1.29, 1.82) is 0 Å². The van der Waals surface area contributed by atoms with E-state index in [0.29, 0.717) is 0 Å². The van der Waals surface area contributed by atoms with E-state index < -0.39 is 0 Å². The van der Waals surface area contributed by atoms with Crippen LogP contribution < -0.4 is 10.6 Å². The smallest absolute Gasteiger partial charge is 0.237 e. The average Bonchev–Trinajstić information content (AvgIpc) is 2.27. The van der Waals surface area contributed by atoms with Crippen molar-refractivity contribution in [3.05, 3.63) is 0 Å². The minimum absolute atomic E-state index is 0.0625. The molecule has 0 saturated carbocycles. The summed E-state index contributed by atoms with van der Waals surface area (Å²) in [5, 5.41) is 6.15. The van der Waals surface area contributed by atoms with Crippen molar-refractivity contribution in [2.24, 2.45) is 0 Å². The lowest BCUT2D eigenvalue weighted by molar-refractivity contribution is -0.122. The van der Waals surface area contributed by atoms with Crippen LogP contribution in [-0.4, -0.2) is 25.0 Å². The first-order chi connectivity index (χ1) is 5.84. The molecule has 1 fully saturated rings. The van der Waals surface area contributed by atoms with Gasteiger partial charge in [-0.25, -0.2) is 0 Å². The third kappa shape index (κ3) is 2.81. The van der Waals surface area contributed by atoms with Crippen LogP contribution in [0, 0.1) is 0 Å². The van der Waals surface area contributed by atoms with Crippen LogP contribution in [0.25, 0.3) is 0 Å². The molecule has 1 rings (SSSR count). The van der Waals surface area contributed by atoms with Crippen LogP contribution in [0.1, 0.15) is 32.6 Å². The van der Waals surface area contributed by atoms with E-state index in [0.717, 1.165) is 38.8 Å². The Morgan fingerprint density at radius 1 is 1.58 bits per heavy atom. The van der Waals surface area contributed by atoms with Gasteiger partial charge in [-0.2, -0.15) is 0 Å². The third-order valence-corrected chi connectivity index (χ3v) is 2.18. The predicted molar refractivity (Wildman–Crippen MR) is 48.9 cm³/mol. The van der Waals surface area contributed by atoms with Crippen LogP contribution >= 0.6 is 0 Å². The van der Waals surface area contributed by atoms with E-state index in [-0.39, 0.29) is 11.9 Å². The summed E-state index contributed by atoms with van der Waals surface area (Å²) in [5.41, 5.74) is 0. The number of carbonyl (C=O) groups is 1. The zero-order chi connectivity index (χ0) is 8.81. The van der Waals surface area contributed by atoms with Gasteiger partial charge in [0.2, 0.25) is 5.91 Å². The molecule has 1 amide bonds. The monoisotopic (exact) mass is 170 g/mol. The summed E-state index contributed by atoms with van der Waals surface area (Å²) in [5.74, 6) is 0.181. The second kappa shape index (κ2) is 5.14. The largest absolute Gasteiger partial charge is 0.355 e. The average molecular weight is 170 g/mol. The molecule has 0 bridgehead atoms. The third-order valence-electron chi connectivity index (χ3n) is 2.18. The molecule has 0 radical (unpaired) electrons. The number of hydrogen-bond acceptors (Lipinski definition) is 2. The molecule has 0 aromatic rings. The highest BCUT2D eigenvalue weighted by Gasteiger charge is 2.18. The van der Waals surface area contributed by atoms with Gasteiger partial charge < -0.3 is 10.6 Å². The second-order valence-corrected chi connectivity index (χ2v) is 3.29. The van der Waals surface area contributed by atoms with Crippen LogP contribution in [0.2, 0.25) is 0 Å². The van der Waals surface area contributed by atoms with E-state index in [2.05, 4.69) is 17.6 Å². The minimum atomic E-state index is 0.0625. The van der Waals surface area contributed by atoms with Gasteiger partial charge in [0.05, 0.1) is 6.04 Å². The van der Waals surface area contributed by atoms with Crippen molar-refractivity contribution in [3.63, 3.8) is 0 Å². The zero-order valence-corrected chi connectivity index (χ0v) is 7.73. The fourth-order valence-electron chi connectivity index (χ4n) is 1.45. The van der Waals surface area contributed by atoms with Crippen LogP contribution in [0.5, 0.6) is 0 Å². The molecule has 3 heteroatoms. The van der Waals surface area contributed by atoms with Crippen molar-refractivity contribution in [3.8, 4) is 0 Å². The second-order valence-electron chi connectivity index (χ2n) is 3.29. The van der Waals surface area contributed by atoms with Gasteiger partial charge in [-0.3, -0.25) is 4.79 Å². The highest BCUT2D eigenvalue weighted by Crippen LogP contribution is 2.04. The summed E-state index contributed by atoms with van der Waals surface area (Å²) in [7, 11) is 0. The molecule has 1 atom stereocenters. The summed E-state index contributed by atoms with van der Waals surface area (Å²) in [4.78, 5) is 11.3. The first-order valence-electron chi connectivity index (χ1n) is 4.85. The Bertz CT molecular complexity index is 147. The molecule has 12 heavy (non-hydrogen) atoms. The van der Waals surface area contributed by atoms with E-state index in [1.54, 1.807) is 0 Å². The first kappa shape index (κ1) is 9.52. The normalized spacial score (nSPS) is 24.8. The van der Waals surface area contributed by atoms with Gasteiger partial charge in [0.1, 0.15) is 0 Å². The van der Waals surface area contributed by atoms with Gasteiger partial charge in [-0.1, -0.05) is 6.92 Å². The molecule has 1 aliphatic heterocycles. The van der Waals surface area contributed by atoms with Crippen molar-refractivity contribution in [2.45, 2.75) is 38.6 Å². The van der Waals surface area contributed by atoms with E-state index in [1.165, 1.54) is 0 Å². The summed E-state index contributed by atoms with van der Waals surface area (Å²) in [6.45, 7) is 3.91. The SMILES string of the molecule is CCCN[C@H]1CCCCNC1=O. The molecule has 3 nitrogen and oxygen atoms in total. The Hall–Kier alpha value is -0.570. The van der Waals surface area contributed by atoms with Gasteiger partial charge in [-0.15, -0.1) is 0 Å². The van der Waals surface area contributed by atoms with Gasteiger partial charge in [-0.05, 0) is 32.2 Å². The van der Waals surface area contributed by atoms with Crippen LogP contribution in [0.15, 0.2) is 0 Å². The number of hydrogen-bond donors (Lipinski definition) is 2. The van der Waals surface area contributed by atoms with Gasteiger partial charge in [0, 0.05) is 6.54 Å².